The van der Waals surface area contributed by atoms with Crippen molar-refractivity contribution in [1.82, 2.24) is 15.0 Å². The molecule has 0 aliphatic heterocycles. The molecule has 0 saturated carbocycles. The monoisotopic (exact) mass is 263 g/mol. The summed E-state index contributed by atoms with van der Waals surface area (Å²) < 4.78 is 5.60. The number of hydrogen-bond acceptors (Lipinski definition) is 6. The average Bonchev–Trinajstić information content (AvgIpc) is 2.35. The van der Waals surface area contributed by atoms with Crippen molar-refractivity contribution in [2.24, 2.45) is 0 Å². The fraction of sp³-hybridized carbons (Fsp3) is 0.615. The number of ether oxygens (including phenoxy) is 1. The van der Waals surface area contributed by atoms with E-state index in [1.54, 1.807) is 18.7 Å². The van der Waals surface area contributed by atoms with Gasteiger partial charge in [-0.2, -0.15) is 15.0 Å². The van der Waals surface area contributed by atoms with E-state index >= 15 is 0 Å². The van der Waals surface area contributed by atoms with Crippen molar-refractivity contribution in [2.45, 2.75) is 32.8 Å². The second-order valence-electron chi connectivity index (χ2n) is 4.82. The molecule has 0 unspecified atom stereocenters. The van der Waals surface area contributed by atoms with Crippen LogP contribution >= 0.6 is 0 Å². The molecule has 6 heteroatoms. The van der Waals surface area contributed by atoms with E-state index in [0.717, 1.165) is 13.0 Å². The van der Waals surface area contributed by atoms with Crippen LogP contribution in [0.1, 0.15) is 27.2 Å². The lowest BCUT2D eigenvalue weighted by molar-refractivity contribution is 0.156. The lowest BCUT2D eigenvalue weighted by Gasteiger charge is -2.20. The zero-order valence-corrected chi connectivity index (χ0v) is 12.2. The van der Waals surface area contributed by atoms with Crippen molar-refractivity contribution >= 4 is 11.9 Å². The molecular weight excluding hydrogens is 242 g/mol. The molecule has 1 heterocycles. The van der Waals surface area contributed by atoms with Gasteiger partial charge in [-0.25, -0.2) is 0 Å². The molecule has 0 amide bonds. The molecule has 0 aliphatic rings. The van der Waals surface area contributed by atoms with Gasteiger partial charge in [-0.3, -0.25) is 0 Å². The second kappa shape index (κ2) is 6.23. The summed E-state index contributed by atoms with van der Waals surface area (Å²) in [5.41, 5.74) is -0.757. The van der Waals surface area contributed by atoms with Crippen molar-refractivity contribution in [1.29, 1.82) is 0 Å². The Kier molecular flexibility index (Phi) is 4.93. The van der Waals surface area contributed by atoms with Crippen LogP contribution in [0.5, 0.6) is 6.01 Å². The van der Waals surface area contributed by atoms with Crippen LogP contribution < -0.4 is 15.0 Å². The first-order valence-corrected chi connectivity index (χ1v) is 6.22. The molecule has 1 aromatic heterocycles. The van der Waals surface area contributed by atoms with Crippen molar-refractivity contribution in [2.75, 3.05) is 30.9 Å². The zero-order valence-electron chi connectivity index (χ0n) is 12.2. The van der Waals surface area contributed by atoms with Crippen LogP contribution in [-0.4, -0.2) is 41.2 Å². The standard InChI is InChI=1S/C13H21N5O/c1-7-9-14-10-15-11(18(5)6)17-12(16-10)19-13(3,4)8-2/h2H,7,9H2,1,3-6H3,(H,14,15,16,17). The van der Waals surface area contributed by atoms with Gasteiger partial charge in [0.1, 0.15) is 0 Å². The number of anilines is 2. The zero-order chi connectivity index (χ0) is 14.5. The van der Waals surface area contributed by atoms with Crippen molar-refractivity contribution in [3.05, 3.63) is 0 Å². The maximum absolute atomic E-state index is 5.60. The minimum Gasteiger partial charge on any atom is -0.444 e. The van der Waals surface area contributed by atoms with Crippen molar-refractivity contribution in [3.63, 3.8) is 0 Å². The lowest BCUT2D eigenvalue weighted by atomic mass is 10.2. The summed E-state index contributed by atoms with van der Waals surface area (Å²) in [5.74, 6) is 3.56. The van der Waals surface area contributed by atoms with E-state index in [1.165, 1.54) is 0 Å². The van der Waals surface area contributed by atoms with E-state index in [4.69, 9.17) is 11.2 Å². The molecule has 6 nitrogen and oxygen atoms in total. The highest BCUT2D eigenvalue weighted by Crippen LogP contribution is 2.17. The summed E-state index contributed by atoms with van der Waals surface area (Å²) in [7, 11) is 3.71. The van der Waals surface area contributed by atoms with Crippen LogP contribution in [0.15, 0.2) is 0 Å². The summed E-state index contributed by atoms with van der Waals surface area (Å²) in [6.07, 6.45) is 6.38. The Bertz CT molecular complexity index is 465. The minimum atomic E-state index is -0.757. The van der Waals surface area contributed by atoms with Crippen LogP contribution in [0.3, 0.4) is 0 Å². The van der Waals surface area contributed by atoms with E-state index in [1.807, 2.05) is 14.1 Å². The third-order valence-electron chi connectivity index (χ3n) is 2.23. The van der Waals surface area contributed by atoms with E-state index in [0.29, 0.717) is 11.9 Å². The molecule has 19 heavy (non-hydrogen) atoms. The molecule has 0 aliphatic carbocycles. The molecule has 0 bridgehead atoms. The van der Waals surface area contributed by atoms with Gasteiger partial charge in [0.05, 0.1) is 0 Å². The first-order chi connectivity index (χ1) is 8.88. The average molecular weight is 263 g/mol. The van der Waals surface area contributed by atoms with Crippen LogP contribution in [0.4, 0.5) is 11.9 Å². The molecule has 0 aromatic carbocycles. The largest absolute Gasteiger partial charge is 0.444 e. The predicted molar refractivity (Wildman–Crippen MR) is 76.5 cm³/mol. The topological polar surface area (TPSA) is 63.2 Å². The van der Waals surface area contributed by atoms with Crippen molar-refractivity contribution in [3.8, 4) is 18.4 Å². The van der Waals surface area contributed by atoms with Gasteiger partial charge in [0.25, 0.3) is 0 Å². The Morgan fingerprint density at radius 2 is 2.00 bits per heavy atom. The van der Waals surface area contributed by atoms with Crippen LogP contribution in [0.2, 0.25) is 0 Å². The predicted octanol–water partition coefficient (Wildman–Crippen LogP) is 1.55. The molecular formula is C13H21N5O. The molecule has 1 N–H and O–H groups in total. The van der Waals surface area contributed by atoms with Gasteiger partial charge in [0.15, 0.2) is 5.60 Å². The number of nitrogens with zero attached hydrogens (tertiary/aromatic N) is 4. The van der Waals surface area contributed by atoms with Gasteiger partial charge >= 0.3 is 6.01 Å². The Hall–Kier alpha value is -2.03. The van der Waals surface area contributed by atoms with Gasteiger partial charge in [-0.1, -0.05) is 12.8 Å². The maximum Gasteiger partial charge on any atom is 0.324 e. The first-order valence-electron chi connectivity index (χ1n) is 6.22. The summed E-state index contributed by atoms with van der Waals surface area (Å²) in [6, 6.07) is 0.222. The Labute approximate surface area is 114 Å². The molecule has 1 aromatic rings. The number of nitrogens with one attached hydrogen (secondary N) is 1. The fourth-order valence-corrected chi connectivity index (χ4v) is 1.17. The number of terminal acetylenes is 1. The smallest absolute Gasteiger partial charge is 0.324 e. The lowest BCUT2D eigenvalue weighted by Crippen LogP contribution is -2.27. The van der Waals surface area contributed by atoms with Gasteiger partial charge in [0.2, 0.25) is 11.9 Å². The van der Waals surface area contributed by atoms with Crippen molar-refractivity contribution < 1.29 is 4.74 Å². The molecule has 1 rings (SSSR count). The molecule has 0 spiro atoms. The van der Waals surface area contributed by atoms with Crippen LogP contribution in [0.25, 0.3) is 0 Å². The SMILES string of the molecule is C#CC(C)(C)Oc1nc(NCCC)nc(N(C)C)n1. The Morgan fingerprint density at radius 3 is 2.53 bits per heavy atom. The second-order valence-corrected chi connectivity index (χ2v) is 4.82. The highest BCUT2D eigenvalue weighted by molar-refractivity contribution is 5.37. The molecule has 0 fully saturated rings. The van der Waals surface area contributed by atoms with Gasteiger partial charge < -0.3 is 15.0 Å². The molecule has 104 valence electrons. The summed E-state index contributed by atoms with van der Waals surface area (Å²) >= 11 is 0. The van der Waals surface area contributed by atoms with E-state index < -0.39 is 5.60 Å². The van der Waals surface area contributed by atoms with Gasteiger partial charge in [0, 0.05) is 20.6 Å². The third kappa shape index (κ3) is 4.62. The third-order valence-corrected chi connectivity index (χ3v) is 2.23. The summed E-state index contributed by atoms with van der Waals surface area (Å²) in [5, 5.41) is 3.11. The normalized spacial score (nSPS) is 10.7. The van der Waals surface area contributed by atoms with E-state index in [2.05, 4.69) is 33.1 Å². The van der Waals surface area contributed by atoms with Crippen LogP contribution in [0, 0.1) is 12.3 Å². The first kappa shape index (κ1) is 15.0. The maximum atomic E-state index is 5.60. The quantitative estimate of drug-likeness (QED) is 0.786. The van der Waals surface area contributed by atoms with E-state index in [9.17, 15) is 0 Å². The number of aromatic nitrogens is 3. The van der Waals surface area contributed by atoms with Crippen LogP contribution in [-0.2, 0) is 0 Å². The highest BCUT2D eigenvalue weighted by Gasteiger charge is 2.19. The summed E-state index contributed by atoms with van der Waals surface area (Å²) in [4.78, 5) is 14.5. The minimum absolute atomic E-state index is 0.222. The summed E-state index contributed by atoms with van der Waals surface area (Å²) in [6.45, 7) is 6.42. The highest BCUT2D eigenvalue weighted by atomic mass is 16.5. The molecule has 0 saturated heterocycles. The Morgan fingerprint density at radius 1 is 1.32 bits per heavy atom. The van der Waals surface area contributed by atoms with Gasteiger partial charge in [-0.15, -0.1) is 6.42 Å². The Balaban J connectivity index is 3.03. The number of rotatable bonds is 6. The van der Waals surface area contributed by atoms with E-state index in [-0.39, 0.29) is 6.01 Å². The molecule has 0 radical (unpaired) electrons. The fourth-order valence-electron chi connectivity index (χ4n) is 1.17. The number of hydrogen-bond donors (Lipinski definition) is 1. The van der Waals surface area contributed by atoms with Gasteiger partial charge in [-0.05, 0) is 20.3 Å². The molecule has 0 atom stereocenters.